The Balaban J connectivity index is 1.54. The van der Waals surface area contributed by atoms with Crippen LogP contribution >= 0.6 is 12.2 Å². The van der Waals surface area contributed by atoms with Crippen molar-refractivity contribution in [3.8, 4) is 0 Å². The first-order valence-corrected chi connectivity index (χ1v) is 8.37. The molecule has 1 aliphatic carbocycles. The van der Waals surface area contributed by atoms with E-state index >= 15 is 0 Å². The number of aryl methyl sites for hydroxylation is 2. The Morgan fingerprint density at radius 2 is 1.59 bits per heavy atom. The van der Waals surface area contributed by atoms with Crippen LogP contribution < -0.4 is 5.32 Å². The number of hydrogen-bond donors (Lipinski definition) is 1. The van der Waals surface area contributed by atoms with E-state index in [-0.39, 0.29) is 0 Å². The van der Waals surface area contributed by atoms with Gasteiger partial charge in [0.1, 0.15) is 0 Å². The first-order chi connectivity index (χ1) is 10.5. The van der Waals surface area contributed by atoms with Crippen LogP contribution in [0.5, 0.6) is 0 Å². The van der Waals surface area contributed by atoms with Gasteiger partial charge in [-0.05, 0) is 62.2 Å². The minimum absolute atomic E-state index is 0.312. The highest BCUT2D eigenvalue weighted by atomic mass is 32.1. The average Bonchev–Trinajstić information content (AvgIpc) is 3.30. The molecule has 0 aromatic heterocycles. The molecule has 1 aromatic rings. The summed E-state index contributed by atoms with van der Waals surface area (Å²) in [6.45, 7) is 7.37. The van der Waals surface area contributed by atoms with Gasteiger partial charge in [0, 0.05) is 37.8 Å². The van der Waals surface area contributed by atoms with E-state index in [1.165, 1.54) is 11.1 Å². The number of nitrogens with one attached hydrogen (secondary N) is 1. The van der Waals surface area contributed by atoms with E-state index in [1.54, 1.807) is 0 Å². The molecule has 4 nitrogen and oxygen atoms in total. The van der Waals surface area contributed by atoms with Crippen LogP contribution in [0.25, 0.3) is 0 Å². The summed E-state index contributed by atoms with van der Waals surface area (Å²) in [7, 11) is 0. The van der Waals surface area contributed by atoms with E-state index in [0.717, 1.165) is 49.8 Å². The Morgan fingerprint density at radius 1 is 1.05 bits per heavy atom. The maximum absolute atomic E-state index is 12.1. The predicted molar refractivity (Wildman–Crippen MR) is 93.0 cm³/mol. The minimum Gasteiger partial charge on any atom is -0.345 e. The van der Waals surface area contributed by atoms with Crippen LogP contribution in [0.3, 0.4) is 0 Å². The monoisotopic (exact) mass is 317 g/mol. The highest BCUT2D eigenvalue weighted by molar-refractivity contribution is 7.80. The van der Waals surface area contributed by atoms with E-state index in [4.69, 9.17) is 12.2 Å². The maximum Gasteiger partial charge on any atom is 0.225 e. The van der Waals surface area contributed by atoms with Crippen molar-refractivity contribution in [2.75, 3.05) is 31.5 Å². The lowest BCUT2D eigenvalue weighted by Gasteiger charge is -2.36. The van der Waals surface area contributed by atoms with Crippen LogP contribution in [0.1, 0.15) is 24.0 Å². The summed E-state index contributed by atoms with van der Waals surface area (Å²) >= 11 is 5.52. The summed E-state index contributed by atoms with van der Waals surface area (Å²) in [4.78, 5) is 16.2. The summed E-state index contributed by atoms with van der Waals surface area (Å²) in [6, 6.07) is 6.36. The number of carbonyl (C=O) groups excluding carboxylic acids is 1. The Kier molecular flexibility index (Phi) is 4.34. The van der Waals surface area contributed by atoms with Gasteiger partial charge in [-0.25, -0.2) is 0 Å². The molecule has 0 atom stereocenters. The second kappa shape index (κ2) is 6.24. The van der Waals surface area contributed by atoms with E-state index in [0.29, 0.717) is 11.8 Å². The second-order valence-corrected chi connectivity index (χ2v) is 6.78. The van der Waals surface area contributed by atoms with Gasteiger partial charge in [-0.3, -0.25) is 4.79 Å². The lowest BCUT2D eigenvalue weighted by atomic mass is 10.1. The highest BCUT2D eigenvalue weighted by Crippen LogP contribution is 2.31. The maximum atomic E-state index is 12.1. The molecule has 2 fully saturated rings. The fourth-order valence-electron chi connectivity index (χ4n) is 2.97. The lowest BCUT2D eigenvalue weighted by Crippen LogP contribution is -2.52. The van der Waals surface area contributed by atoms with Gasteiger partial charge in [0.2, 0.25) is 5.91 Å². The van der Waals surface area contributed by atoms with Gasteiger partial charge in [0.15, 0.2) is 5.11 Å². The average molecular weight is 317 g/mol. The molecule has 3 rings (SSSR count). The van der Waals surface area contributed by atoms with Gasteiger partial charge in [-0.2, -0.15) is 0 Å². The molecule has 0 unspecified atom stereocenters. The van der Waals surface area contributed by atoms with Crippen molar-refractivity contribution in [2.24, 2.45) is 5.92 Å². The van der Waals surface area contributed by atoms with Gasteiger partial charge in [0.05, 0.1) is 0 Å². The van der Waals surface area contributed by atoms with Crippen LogP contribution in [-0.2, 0) is 4.79 Å². The number of nitrogens with zero attached hydrogens (tertiary/aromatic N) is 2. The summed E-state index contributed by atoms with van der Waals surface area (Å²) in [5, 5.41) is 4.08. The van der Waals surface area contributed by atoms with E-state index < -0.39 is 0 Å². The number of thiocarbonyl (C=S) groups is 1. The molecule has 1 amide bonds. The molecular formula is C17H23N3OS. The zero-order chi connectivity index (χ0) is 15.7. The van der Waals surface area contributed by atoms with Gasteiger partial charge in [-0.1, -0.05) is 6.07 Å². The van der Waals surface area contributed by atoms with E-state index in [2.05, 4.69) is 42.3 Å². The first-order valence-electron chi connectivity index (χ1n) is 7.96. The van der Waals surface area contributed by atoms with Crippen molar-refractivity contribution in [3.63, 3.8) is 0 Å². The molecule has 0 spiro atoms. The van der Waals surface area contributed by atoms with Crippen LogP contribution in [0.15, 0.2) is 18.2 Å². The third-order valence-corrected chi connectivity index (χ3v) is 4.64. The quantitative estimate of drug-likeness (QED) is 0.851. The smallest absolute Gasteiger partial charge is 0.225 e. The molecule has 1 saturated carbocycles. The number of rotatable bonds is 2. The zero-order valence-corrected chi connectivity index (χ0v) is 14.1. The van der Waals surface area contributed by atoms with Gasteiger partial charge < -0.3 is 15.1 Å². The van der Waals surface area contributed by atoms with Crippen LogP contribution in [0.4, 0.5) is 5.69 Å². The van der Waals surface area contributed by atoms with Crippen LogP contribution in [0, 0.1) is 19.8 Å². The molecule has 0 bridgehead atoms. The molecule has 22 heavy (non-hydrogen) atoms. The number of amides is 1. The Hall–Kier alpha value is -1.62. The molecule has 1 aliphatic heterocycles. The number of carbonyl (C=O) groups is 1. The van der Waals surface area contributed by atoms with Crippen molar-refractivity contribution in [2.45, 2.75) is 26.7 Å². The highest BCUT2D eigenvalue weighted by Gasteiger charge is 2.34. The number of anilines is 1. The molecule has 1 saturated heterocycles. The molecule has 1 heterocycles. The Labute approximate surface area is 137 Å². The van der Waals surface area contributed by atoms with Crippen molar-refractivity contribution in [1.82, 2.24) is 9.80 Å². The molecular weight excluding hydrogens is 294 g/mol. The Morgan fingerprint density at radius 3 is 2.14 bits per heavy atom. The van der Waals surface area contributed by atoms with Crippen LogP contribution in [-0.4, -0.2) is 47.0 Å². The van der Waals surface area contributed by atoms with Gasteiger partial charge >= 0.3 is 0 Å². The van der Waals surface area contributed by atoms with Gasteiger partial charge in [0.25, 0.3) is 0 Å². The number of hydrogen-bond acceptors (Lipinski definition) is 2. The largest absolute Gasteiger partial charge is 0.345 e. The molecule has 118 valence electrons. The fourth-order valence-corrected chi connectivity index (χ4v) is 3.27. The summed E-state index contributed by atoms with van der Waals surface area (Å²) < 4.78 is 0. The molecule has 5 heteroatoms. The molecule has 1 aromatic carbocycles. The van der Waals surface area contributed by atoms with Crippen molar-refractivity contribution >= 4 is 28.9 Å². The lowest BCUT2D eigenvalue weighted by molar-refractivity contribution is -0.133. The number of benzene rings is 1. The third kappa shape index (κ3) is 3.58. The minimum atomic E-state index is 0.312. The predicted octanol–water partition coefficient (Wildman–Crippen LogP) is 2.55. The standard InChI is InChI=1S/C17H23N3OS/c1-12-9-13(2)11-15(10-12)18-17(22)20-7-5-19(6-8-20)16(21)14-3-4-14/h9-11,14H,3-8H2,1-2H3,(H,18,22). The SMILES string of the molecule is Cc1cc(C)cc(NC(=S)N2CCN(C(=O)C3CC3)CC2)c1. The van der Waals surface area contributed by atoms with E-state index in [1.807, 2.05) is 4.90 Å². The van der Waals surface area contributed by atoms with Crippen molar-refractivity contribution in [3.05, 3.63) is 29.3 Å². The zero-order valence-electron chi connectivity index (χ0n) is 13.3. The fraction of sp³-hybridized carbons (Fsp3) is 0.529. The summed E-state index contributed by atoms with van der Waals surface area (Å²) in [6.07, 6.45) is 2.15. The third-order valence-electron chi connectivity index (χ3n) is 4.28. The summed E-state index contributed by atoms with van der Waals surface area (Å²) in [5.74, 6) is 0.653. The normalized spacial score (nSPS) is 18.3. The topological polar surface area (TPSA) is 35.6 Å². The molecule has 0 radical (unpaired) electrons. The van der Waals surface area contributed by atoms with E-state index in [9.17, 15) is 4.79 Å². The molecule has 1 N–H and O–H groups in total. The summed E-state index contributed by atoms with van der Waals surface area (Å²) in [5.41, 5.74) is 3.49. The van der Waals surface area contributed by atoms with Crippen molar-refractivity contribution < 1.29 is 4.79 Å². The number of piperazine rings is 1. The second-order valence-electron chi connectivity index (χ2n) is 6.39. The Bertz CT molecular complexity index is 569. The van der Waals surface area contributed by atoms with Crippen LogP contribution in [0.2, 0.25) is 0 Å². The first kappa shape index (κ1) is 15.3. The van der Waals surface area contributed by atoms with Gasteiger partial charge in [-0.15, -0.1) is 0 Å². The van der Waals surface area contributed by atoms with Crippen molar-refractivity contribution in [1.29, 1.82) is 0 Å². The molecule has 2 aliphatic rings.